The third-order valence-corrected chi connectivity index (χ3v) is 6.14. The number of aromatic nitrogens is 3. The molecule has 35 heavy (non-hydrogen) atoms. The van der Waals surface area contributed by atoms with Crippen LogP contribution in [0.15, 0.2) is 66.9 Å². The summed E-state index contributed by atoms with van der Waals surface area (Å²) in [5, 5.41) is 17.7. The minimum Gasteiger partial charge on any atom is -0.457 e. The van der Waals surface area contributed by atoms with Crippen LogP contribution < -0.4 is 15.8 Å². The van der Waals surface area contributed by atoms with E-state index in [-0.39, 0.29) is 12.3 Å². The first-order chi connectivity index (χ1) is 17.0. The molecule has 4 aromatic rings. The Morgan fingerprint density at radius 3 is 2.63 bits per heavy atom. The number of primary amides is 1. The maximum absolute atomic E-state index is 11.7. The van der Waals surface area contributed by atoms with Crippen molar-refractivity contribution in [1.82, 2.24) is 20.1 Å². The van der Waals surface area contributed by atoms with Crippen LogP contribution in [0.2, 0.25) is 5.02 Å². The number of pyridine rings is 1. The highest BCUT2D eigenvalue weighted by molar-refractivity contribution is 6.31. The summed E-state index contributed by atoms with van der Waals surface area (Å²) >= 11 is 6.32. The molecule has 5 rings (SSSR count). The normalized spacial score (nSPS) is 13.4. The van der Waals surface area contributed by atoms with Crippen molar-refractivity contribution < 1.29 is 14.6 Å². The fourth-order valence-corrected chi connectivity index (χ4v) is 4.18. The summed E-state index contributed by atoms with van der Waals surface area (Å²) in [7, 11) is 0. The predicted molar refractivity (Wildman–Crippen MR) is 134 cm³/mol. The Hall–Kier alpha value is -3.72. The number of nitrogens with two attached hydrogens (primary N) is 1. The lowest BCUT2D eigenvalue weighted by atomic mass is 10.1. The van der Waals surface area contributed by atoms with Crippen LogP contribution in [0.5, 0.6) is 11.5 Å². The molecule has 0 saturated carbocycles. The summed E-state index contributed by atoms with van der Waals surface area (Å²) in [4.78, 5) is 16.1. The molecule has 0 bridgehead atoms. The lowest BCUT2D eigenvalue weighted by Gasteiger charge is -2.29. The Morgan fingerprint density at radius 2 is 1.94 bits per heavy atom. The Labute approximate surface area is 207 Å². The number of rotatable bonds is 8. The molecule has 4 N–H and O–H groups in total. The zero-order valence-electron chi connectivity index (χ0n) is 18.8. The predicted octanol–water partition coefficient (Wildman–Crippen LogP) is 3.84. The van der Waals surface area contributed by atoms with Crippen LogP contribution in [-0.4, -0.2) is 45.5 Å². The van der Waals surface area contributed by atoms with Gasteiger partial charge in [0.15, 0.2) is 0 Å². The molecule has 1 aliphatic heterocycles. The van der Waals surface area contributed by atoms with Gasteiger partial charge in [-0.2, -0.15) is 5.10 Å². The van der Waals surface area contributed by atoms with Gasteiger partial charge in [0.1, 0.15) is 17.2 Å². The Morgan fingerprint density at radius 1 is 1.14 bits per heavy atom. The zero-order chi connectivity index (χ0) is 24.4. The van der Waals surface area contributed by atoms with E-state index in [9.17, 15) is 9.90 Å². The lowest BCUT2D eigenvalue weighted by molar-refractivity contribution is 0.0995. The maximum atomic E-state index is 11.7. The molecule has 1 amide bonds. The molecule has 9 heteroatoms. The van der Waals surface area contributed by atoms with Crippen LogP contribution in [0.25, 0.3) is 22.5 Å². The summed E-state index contributed by atoms with van der Waals surface area (Å²) in [5.41, 5.74) is 9.58. The van der Waals surface area contributed by atoms with Crippen LogP contribution >= 0.6 is 11.6 Å². The largest absolute Gasteiger partial charge is 0.457 e. The fourth-order valence-electron chi connectivity index (χ4n) is 4.01. The van der Waals surface area contributed by atoms with E-state index >= 15 is 0 Å². The summed E-state index contributed by atoms with van der Waals surface area (Å²) in [6, 6.07) is 18.6. The molecular weight excluding hydrogens is 466 g/mol. The standard InChI is InChI=1S/C26H24ClN5O3/c27-18-3-6-25(21(13-18)24-7-9-30-32(24)19-14-29-15-19)35-20-4-1-17(2-5-20)22-11-16(8-10-33)12-23(31-22)26(28)34/h1-7,9,11-13,19,29,33H,8,10,14-15H2,(H2,28,34). The molecule has 0 unspecified atom stereocenters. The van der Waals surface area contributed by atoms with Crippen molar-refractivity contribution in [2.45, 2.75) is 12.5 Å². The monoisotopic (exact) mass is 489 g/mol. The van der Waals surface area contributed by atoms with Gasteiger partial charge >= 0.3 is 0 Å². The Kier molecular flexibility index (Phi) is 6.50. The van der Waals surface area contributed by atoms with E-state index in [2.05, 4.69) is 15.4 Å². The van der Waals surface area contributed by atoms with Crippen LogP contribution in [0.1, 0.15) is 22.1 Å². The molecule has 8 nitrogen and oxygen atoms in total. The van der Waals surface area contributed by atoms with Crippen molar-refractivity contribution in [2.24, 2.45) is 5.73 Å². The van der Waals surface area contributed by atoms with Crippen molar-refractivity contribution in [3.63, 3.8) is 0 Å². The second-order valence-electron chi connectivity index (χ2n) is 8.32. The second kappa shape index (κ2) is 9.87. The quantitative estimate of drug-likeness (QED) is 0.346. The molecule has 0 atom stereocenters. The van der Waals surface area contributed by atoms with Gasteiger partial charge in [0.25, 0.3) is 5.91 Å². The SMILES string of the molecule is NC(=O)c1cc(CCO)cc(-c2ccc(Oc3ccc(Cl)cc3-c3ccnn3C3CNC3)cc2)n1. The van der Waals surface area contributed by atoms with E-state index in [1.54, 1.807) is 18.3 Å². The third-order valence-electron chi connectivity index (χ3n) is 5.91. The molecule has 0 aliphatic carbocycles. The highest BCUT2D eigenvalue weighted by Gasteiger charge is 2.23. The van der Waals surface area contributed by atoms with E-state index < -0.39 is 5.91 Å². The van der Waals surface area contributed by atoms with Gasteiger partial charge < -0.3 is 20.9 Å². The molecule has 1 saturated heterocycles. The lowest BCUT2D eigenvalue weighted by Crippen LogP contribution is -2.44. The van der Waals surface area contributed by atoms with Crippen LogP contribution in [0.3, 0.4) is 0 Å². The topological polar surface area (TPSA) is 115 Å². The fraction of sp³-hybridized carbons (Fsp3) is 0.192. The summed E-state index contributed by atoms with van der Waals surface area (Å²) in [5.74, 6) is 0.684. The summed E-state index contributed by atoms with van der Waals surface area (Å²) < 4.78 is 8.25. The average molecular weight is 490 g/mol. The molecule has 0 spiro atoms. The highest BCUT2D eigenvalue weighted by atomic mass is 35.5. The second-order valence-corrected chi connectivity index (χ2v) is 8.76. The van der Waals surface area contributed by atoms with E-state index in [0.29, 0.717) is 34.7 Å². The van der Waals surface area contributed by atoms with E-state index in [4.69, 9.17) is 22.1 Å². The number of nitrogens with one attached hydrogen (secondary N) is 1. The van der Waals surface area contributed by atoms with Gasteiger partial charge in [-0.25, -0.2) is 4.98 Å². The summed E-state index contributed by atoms with van der Waals surface area (Å²) in [6.07, 6.45) is 2.19. The van der Waals surface area contributed by atoms with Gasteiger partial charge in [-0.1, -0.05) is 11.6 Å². The number of hydrogen-bond donors (Lipinski definition) is 3. The van der Waals surface area contributed by atoms with Gasteiger partial charge in [0.05, 0.1) is 17.4 Å². The number of aliphatic hydroxyl groups is 1. The van der Waals surface area contributed by atoms with Crippen molar-refractivity contribution >= 4 is 17.5 Å². The van der Waals surface area contributed by atoms with E-state index in [1.165, 1.54) is 0 Å². The third kappa shape index (κ3) is 4.90. The van der Waals surface area contributed by atoms with Crippen LogP contribution in [0.4, 0.5) is 0 Å². The number of halogens is 1. The smallest absolute Gasteiger partial charge is 0.267 e. The van der Waals surface area contributed by atoms with Crippen LogP contribution in [-0.2, 0) is 6.42 Å². The average Bonchev–Trinajstić information content (AvgIpc) is 3.28. The van der Waals surface area contributed by atoms with Crippen molar-refractivity contribution in [2.75, 3.05) is 19.7 Å². The molecule has 1 fully saturated rings. The highest BCUT2D eigenvalue weighted by Crippen LogP contribution is 2.37. The Balaban J connectivity index is 1.43. The molecule has 2 aromatic carbocycles. The van der Waals surface area contributed by atoms with Gasteiger partial charge in [0, 0.05) is 42.0 Å². The number of carbonyl (C=O) groups is 1. The van der Waals surface area contributed by atoms with Gasteiger partial charge in [-0.3, -0.25) is 9.48 Å². The minimum atomic E-state index is -0.613. The Bertz CT molecular complexity index is 1370. The van der Waals surface area contributed by atoms with E-state index in [0.717, 1.165) is 35.5 Å². The number of amides is 1. The van der Waals surface area contributed by atoms with Gasteiger partial charge in [-0.05, 0) is 72.6 Å². The van der Waals surface area contributed by atoms with Gasteiger partial charge in [0.2, 0.25) is 0 Å². The minimum absolute atomic E-state index is 0.0337. The number of nitrogens with zero attached hydrogens (tertiary/aromatic N) is 3. The number of carbonyl (C=O) groups excluding carboxylic acids is 1. The summed E-state index contributed by atoms with van der Waals surface area (Å²) in [6.45, 7) is 1.71. The molecule has 3 heterocycles. The van der Waals surface area contributed by atoms with Crippen LogP contribution in [0, 0.1) is 0 Å². The number of benzene rings is 2. The first-order valence-electron chi connectivity index (χ1n) is 11.3. The number of hydrogen-bond acceptors (Lipinski definition) is 6. The zero-order valence-corrected chi connectivity index (χ0v) is 19.6. The van der Waals surface area contributed by atoms with Crippen molar-refractivity contribution in [3.05, 3.63) is 83.1 Å². The molecule has 1 aliphatic rings. The molecule has 178 valence electrons. The number of aliphatic hydroxyl groups excluding tert-OH is 1. The molecular formula is C26H24ClN5O3. The molecule has 2 aromatic heterocycles. The van der Waals surface area contributed by atoms with E-state index in [1.807, 2.05) is 53.2 Å². The molecule has 0 radical (unpaired) electrons. The van der Waals surface area contributed by atoms with Crippen molar-refractivity contribution in [1.29, 1.82) is 0 Å². The first-order valence-corrected chi connectivity index (χ1v) is 11.6. The van der Waals surface area contributed by atoms with Gasteiger partial charge in [-0.15, -0.1) is 0 Å². The first kappa shape index (κ1) is 23.0. The number of ether oxygens (including phenoxy) is 1. The maximum Gasteiger partial charge on any atom is 0.267 e. The van der Waals surface area contributed by atoms with Crippen molar-refractivity contribution in [3.8, 4) is 34.0 Å².